The van der Waals surface area contributed by atoms with Gasteiger partial charge in [-0.15, -0.1) is 0 Å². The van der Waals surface area contributed by atoms with Crippen LogP contribution in [0.5, 0.6) is 0 Å². The van der Waals surface area contributed by atoms with Crippen LogP contribution in [0.1, 0.15) is 35.2 Å². The predicted octanol–water partition coefficient (Wildman–Crippen LogP) is 2.07. The maximum absolute atomic E-state index is 5.72. The van der Waals surface area contributed by atoms with Crippen LogP contribution in [-0.2, 0) is 6.54 Å². The quantitative estimate of drug-likeness (QED) is 0.639. The van der Waals surface area contributed by atoms with E-state index >= 15 is 0 Å². The molecular formula is C14H20N4. The fourth-order valence-corrected chi connectivity index (χ4v) is 2.15. The Hall–Kier alpha value is -1.65. The molecule has 2 aromatic rings. The second-order valence-corrected chi connectivity index (χ2v) is 4.52. The fourth-order valence-electron chi connectivity index (χ4n) is 2.15. The highest BCUT2D eigenvalue weighted by Gasteiger charge is 2.16. The lowest BCUT2D eigenvalue weighted by Gasteiger charge is -2.18. The van der Waals surface area contributed by atoms with Gasteiger partial charge in [-0.05, 0) is 37.5 Å². The van der Waals surface area contributed by atoms with Crippen molar-refractivity contribution < 1.29 is 0 Å². The van der Waals surface area contributed by atoms with Gasteiger partial charge in [-0.3, -0.25) is 10.5 Å². The van der Waals surface area contributed by atoms with E-state index in [9.17, 15) is 0 Å². The van der Waals surface area contributed by atoms with Gasteiger partial charge >= 0.3 is 0 Å². The molecule has 96 valence electrons. The molecule has 0 aliphatic heterocycles. The SMILES string of the molecule is CCn1cc(C(NN)c2cccc(C)c2C)cn1. The molecule has 1 atom stereocenters. The largest absolute Gasteiger partial charge is 0.273 e. The van der Waals surface area contributed by atoms with E-state index in [-0.39, 0.29) is 6.04 Å². The first kappa shape index (κ1) is 12.8. The van der Waals surface area contributed by atoms with Crippen LogP contribution in [0.25, 0.3) is 0 Å². The van der Waals surface area contributed by atoms with Gasteiger partial charge in [0.15, 0.2) is 0 Å². The number of rotatable bonds is 4. The van der Waals surface area contributed by atoms with Crippen LogP contribution in [-0.4, -0.2) is 9.78 Å². The molecule has 1 aromatic heterocycles. The lowest BCUT2D eigenvalue weighted by atomic mass is 9.95. The molecule has 0 amide bonds. The lowest BCUT2D eigenvalue weighted by Crippen LogP contribution is -2.29. The molecule has 4 heteroatoms. The Balaban J connectivity index is 2.41. The number of aromatic nitrogens is 2. The van der Waals surface area contributed by atoms with Crippen molar-refractivity contribution >= 4 is 0 Å². The maximum atomic E-state index is 5.72. The van der Waals surface area contributed by atoms with Crippen LogP contribution in [0.3, 0.4) is 0 Å². The van der Waals surface area contributed by atoms with Crippen molar-refractivity contribution in [3.05, 3.63) is 52.8 Å². The molecule has 1 heterocycles. The summed E-state index contributed by atoms with van der Waals surface area (Å²) in [5, 5.41) is 4.30. The number of benzene rings is 1. The molecule has 2 rings (SSSR count). The average molecular weight is 244 g/mol. The Kier molecular flexibility index (Phi) is 3.79. The molecule has 0 fully saturated rings. The number of nitrogens with one attached hydrogen (secondary N) is 1. The van der Waals surface area contributed by atoms with E-state index < -0.39 is 0 Å². The first-order chi connectivity index (χ1) is 8.67. The van der Waals surface area contributed by atoms with Crippen molar-refractivity contribution in [2.24, 2.45) is 5.84 Å². The molecule has 0 spiro atoms. The van der Waals surface area contributed by atoms with Crippen LogP contribution < -0.4 is 11.3 Å². The van der Waals surface area contributed by atoms with Gasteiger partial charge in [0.1, 0.15) is 0 Å². The van der Waals surface area contributed by atoms with Crippen LogP contribution in [0, 0.1) is 13.8 Å². The standard InChI is InChI=1S/C14H20N4/c1-4-18-9-12(8-16-18)14(17-15)13-7-5-6-10(2)11(13)3/h5-9,14,17H,4,15H2,1-3H3. The highest BCUT2D eigenvalue weighted by molar-refractivity contribution is 5.39. The summed E-state index contributed by atoms with van der Waals surface area (Å²) in [7, 11) is 0. The van der Waals surface area contributed by atoms with E-state index in [0.717, 1.165) is 12.1 Å². The van der Waals surface area contributed by atoms with Crippen LogP contribution in [0.4, 0.5) is 0 Å². The van der Waals surface area contributed by atoms with Crippen LogP contribution >= 0.6 is 0 Å². The molecule has 0 saturated carbocycles. The number of nitrogens with two attached hydrogens (primary N) is 1. The first-order valence-corrected chi connectivity index (χ1v) is 6.22. The molecular weight excluding hydrogens is 224 g/mol. The van der Waals surface area contributed by atoms with Crippen LogP contribution in [0.2, 0.25) is 0 Å². The first-order valence-electron chi connectivity index (χ1n) is 6.22. The third-order valence-electron chi connectivity index (χ3n) is 3.43. The molecule has 0 saturated heterocycles. The molecule has 0 aliphatic rings. The summed E-state index contributed by atoms with van der Waals surface area (Å²) < 4.78 is 1.91. The summed E-state index contributed by atoms with van der Waals surface area (Å²) in [6, 6.07) is 6.27. The number of nitrogens with zero attached hydrogens (tertiary/aromatic N) is 2. The van der Waals surface area contributed by atoms with Gasteiger partial charge in [0, 0.05) is 18.3 Å². The van der Waals surface area contributed by atoms with E-state index in [1.807, 2.05) is 17.1 Å². The van der Waals surface area contributed by atoms with Gasteiger partial charge in [0.05, 0.1) is 12.2 Å². The molecule has 1 aromatic carbocycles. The minimum Gasteiger partial charge on any atom is -0.273 e. The second-order valence-electron chi connectivity index (χ2n) is 4.52. The smallest absolute Gasteiger partial charge is 0.0743 e. The van der Waals surface area contributed by atoms with Crippen molar-refractivity contribution in [3.63, 3.8) is 0 Å². The van der Waals surface area contributed by atoms with Gasteiger partial charge in [-0.25, -0.2) is 5.43 Å². The average Bonchev–Trinajstić information content (AvgIpc) is 2.84. The number of hydrazine groups is 1. The Morgan fingerprint density at radius 2 is 2.17 bits per heavy atom. The van der Waals surface area contributed by atoms with Gasteiger partial charge in [-0.2, -0.15) is 5.10 Å². The number of hydrogen-bond donors (Lipinski definition) is 2. The normalized spacial score (nSPS) is 12.7. The highest BCUT2D eigenvalue weighted by atomic mass is 15.3. The van der Waals surface area contributed by atoms with Crippen molar-refractivity contribution in [3.8, 4) is 0 Å². The molecule has 18 heavy (non-hydrogen) atoms. The molecule has 0 bridgehead atoms. The van der Waals surface area contributed by atoms with Crippen molar-refractivity contribution in [1.82, 2.24) is 15.2 Å². The molecule has 0 aliphatic carbocycles. The van der Waals surface area contributed by atoms with Crippen molar-refractivity contribution in [2.75, 3.05) is 0 Å². The maximum Gasteiger partial charge on any atom is 0.0743 e. The van der Waals surface area contributed by atoms with Crippen LogP contribution in [0.15, 0.2) is 30.6 Å². The molecule has 3 N–H and O–H groups in total. The Morgan fingerprint density at radius 1 is 1.39 bits per heavy atom. The summed E-state index contributed by atoms with van der Waals surface area (Å²) in [6.45, 7) is 7.17. The second kappa shape index (κ2) is 5.33. The van der Waals surface area contributed by atoms with E-state index in [0.29, 0.717) is 0 Å². The van der Waals surface area contributed by atoms with Gasteiger partial charge in [-0.1, -0.05) is 18.2 Å². The minimum atomic E-state index is -0.00907. The van der Waals surface area contributed by atoms with Gasteiger partial charge in [0.2, 0.25) is 0 Å². The number of aryl methyl sites for hydroxylation is 2. The molecule has 1 unspecified atom stereocenters. The topological polar surface area (TPSA) is 55.9 Å². The predicted molar refractivity (Wildman–Crippen MR) is 73.0 cm³/mol. The van der Waals surface area contributed by atoms with E-state index in [1.165, 1.54) is 16.7 Å². The monoisotopic (exact) mass is 244 g/mol. The molecule has 4 nitrogen and oxygen atoms in total. The Labute approximate surface area is 108 Å². The zero-order chi connectivity index (χ0) is 13.1. The zero-order valence-electron chi connectivity index (χ0n) is 11.1. The summed E-state index contributed by atoms with van der Waals surface area (Å²) in [6.07, 6.45) is 3.90. The molecule has 0 radical (unpaired) electrons. The Morgan fingerprint density at radius 3 is 2.78 bits per heavy atom. The van der Waals surface area contributed by atoms with Gasteiger partial charge in [0.25, 0.3) is 0 Å². The zero-order valence-corrected chi connectivity index (χ0v) is 11.1. The fraction of sp³-hybridized carbons (Fsp3) is 0.357. The number of hydrogen-bond acceptors (Lipinski definition) is 3. The summed E-state index contributed by atoms with van der Waals surface area (Å²) >= 11 is 0. The van der Waals surface area contributed by atoms with E-state index in [1.54, 1.807) is 0 Å². The highest BCUT2D eigenvalue weighted by Crippen LogP contribution is 2.25. The van der Waals surface area contributed by atoms with E-state index in [4.69, 9.17) is 5.84 Å². The third-order valence-corrected chi connectivity index (χ3v) is 3.43. The van der Waals surface area contributed by atoms with Crippen molar-refractivity contribution in [2.45, 2.75) is 33.4 Å². The van der Waals surface area contributed by atoms with E-state index in [2.05, 4.69) is 49.5 Å². The minimum absolute atomic E-state index is 0.00907. The lowest BCUT2D eigenvalue weighted by molar-refractivity contribution is 0.627. The summed E-state index contributed by atoms with van der Waals surface area (Å²) in [5.41, 5.74) is 7.72. The van der Waals surface area contributed by atoms with Gasteiger partial charge < -0.3 is 0 Å². The summed E-state index contributed by atoms with van der Waals surface area (Å²) in [4.78, 5) is 0. The van der Waals surface area contributed by atoms with Crippen molar-refractivity contribution in [1.29, 1.82) is 0 Å². The Bertz CT molecular complexity index is 530. The third kappa shape index (κ3) is 2.30. The summed E-state index contributed by atoms with van der Waals surface area (Å²) in [5.74, 6) is 5.72.